The molecule has 0 saturated carbocycles. The van der Waals surface area contributed by atoms with E-state index in [4.69, 9.17) is 5.73 Å². The van der Waals surface area contributed by atoms with Crippen LogP contribution in [-0.4, -0.2) is 44.3 Å². The zero-order valence-corrected chi connectivity index (χ0v) is 16.7. The van der Waals surface area contributed by atoms with Crippen LogP contribution in [0.2, 0.25) is 0 Å². The highest BCUT2D eigenvalue weighted by atomic mass is 32.2. The Morgan fingerprint density at radius 3 is 2.60 bits per heavy atom. The molecule has 1 aliphatic rings. The summed E-state index contributed by atoms with van der Waals surface area (Å²) in [5.41, 5.74) is 5.85. The van der Waals surface area contributed by atoms with Crippen LogP contribution in [0.1, 0.15) is 44.4 Å². The van der Waals surface area contributed by atoms with Crippen molar-refractivity contribution in [3.05, 3.63) is 17.0 Å². The number of sulfonamides is 1. The summed E-state index contributed by atoms with van der Waals surface area (Å²) in [6, 6.07) is 3.02. The van der Waals surface area contributed by atoms with Crippen molar-refractivity contribution in [2.45, 2.75) is 56.2 Å². The Balaban J connectivity index is 1.86. The van der Waals surface area contributed by atoms with Crippen molar-refractivity contribution in [3.8, 4) is 0 Å². The van der Waals surface area contributed by atoms with E-state index in [1.807, 2.05) is 19.9 Å². The number of nitrogens with one attached hydrogen (secondary N) is 1. The van der Waals surface area contributed by atoms with E-state index >= 15 is 0 Å². The molecule has 1 atom stereocenters. The molecule has 1 fully saturated rings. The molecule has 1 aromatic heterocycles. The van der Waals surface area contributed by atoms with Crippen LogP contribution in [0.25, 0.3) is 0 Å². The summed E-state index contributed by atoms with van der Waals surface area (Å²) >= 11 is 1.29. The summed E-state index contributed by atoms with van der Waals surface area (Å²) in [6.45, 7) is 5.75. The molecule has 1 saturated heterocycles. The summed E-state index contributed by atoms with van der Waals surface area (Å²) in [6.07, 6.45) is 4.23. The van der Waals surface area contributed by atoms with Crippen LogP contribution < -0.4 is 11.1 Å². The van der Waals surface area contributed by atoms with Crippen LogP contribution in [-0.2, 0) is 21.2 Å². The van der Waals surface area contributed by atoms with Crippen LogP contribution in [0.15, 0.2) is 16.3 Å². The van der Waals surface area contributed by atoms with Crippen molar-refractivity contribution in [3.63, 3.8) is 0 Å². The third-order valence-electron chi connectivity index (χ3n) is 4.28. The lowest BCUT2D eigenvalue weighted by molar-refractivity contribution is -0.122. The van der Waals surface area contributed by atoms with Gasteiger partial charge in [-0.05, 0) is 43.7 Å². The predicted octanol–water partition coefficient (Wildman–Crippen LogP) is 1.95. The second-order valence-electron chi connectivity index (χ2n) is 6.96. The van der Waals surface area contributed by atoms with E-state index < -0.39 is 16.1 Å². The minimum Gasteiger partial charge on any atom is -0.354 e. The van der Waals surface area contributed by atoms with Gasteiger partial charge in [-0.3, -0.25) is 4.79 Å². The van der Waals surface area contributed by atoms with Gasteiger partial charge in [-0.2, -0.15) is 4.31 Å². The third-order valence-corrected chi connectivity index (χ3v) is 7.79. The molecule has 1 amide bonds. The van der Waals surface area contributed by atoms with Gasteiger partial charge in [0.15, 0.2) is 0 Å². The van der Waals surface area contributed by atoms with E-state index in [1.54, 1.807) is 10.4 Å². The van der Waals surface area contributed by atoms with Crippen LogP contribution in [0.4, 0.5) is 0 Å². The number of nitrogens with two attached hydrogens (primary N) is 1. The first-order valence-electron chi connectivity index (χ1n) is 8.93. The monoisotopic (exact) mass is 387 g/mol. The second-order valence-corrected chi connectivity index (χ2v) is 10.3. The molecule has 1 aliphatic heterocycles. The summed E-state index contributed by atoms with van der Waals surface area (Å²) in [5, 5.41) is 2.83. The number of hydrogen-bond donors (Lipinski definition) is 2. The molecular weight excluding hydrogens is 358 g/mol. The number of hydrogen-bond acceptors (Lipinski definition) is 5. The smallest absolute Gasteiger partial charge is 0.252 e. The molecule has 0 radical (unpaired) electrons. The topological polar surface area (TPSA) is 92.5 Å². The van der Waals surface area contributed by atoms with Crippen molar-refractivity contribution in [1.29, 1.82) is 0 Å². The summed E-state index contributed by atoms with van der Waals surface area (Å²) in [5.74, 6) is 0.229. The molecule has 142 valence electrons. The Hall–Kier alpha value is -0.960. The lowest BCUT2D eigenvalue weighted by Gasteiger charge is -2.25. The molecule has 0 aromatic carbocycles. The SMILES string of the molecule is CC(C)C[C@H](N)C(=O)NCCc1ccc(S(=O)(=O)N2CCCCC2)s1. The lowest BCUT2D eigenvalue weighted by atomic mass is 10.0. The van der Waals surface area contributed by atoms with Crippen molar-refractivity contribution in [1.82, 2.24) is 9.62 Å². The summed E-state index contributed by atoms with van der Waals surface area (Å²) in [4.78, 5) is 12.9. The minimum atomic E-state index is -3.36. The molecule has 6 nitrogen and oxygen atoms in total. The second kappa shape index (κ2) is 9.12. The van der Waals surface area contributed by atoms with Crippen molar-refractivity contribution < 1.29 is 13.2 Å². The Labute approximate surface area is 154 Å². The van der Waals surface area contributed by atoms with Gasteiger partial charge in [0.25, 0.3) is 10.0 Å². The first kappa shape index (κ1) is 20.4. The van der Waals surface area contributed by atoms with Gasteiger partial charge >= 0.3 is 0 Å². The van der Waals surface area contributed by atoms with E-state index in [0.29, 0.717) is 42.6 Å². The molecule has 25 heavy (non-hydrogen) atoms. The van der Waals surface area contributed by atoms with E-state index in [2.05, 4.69) is 5.32 Å². The standard InChI is InChI=1S/C17H29N3O3S2/c1-13(2)12-15(18)17(21)19-9-8-14-6-7-16(24-14)25(22,23)20-10-4-3-5-11-20/h6-7,13,15H,3-5,8-12,18H2,1-2H3,(H,19,21)/t15-/m0/s1. The average Bonchev–Trinajstić information content (AvgIpc) is 3.04. The lowest BCUT2D eigenvalue weighted by Crippen LogP contribution is -2.42. The average molecular weight is 388 g/mol. The Morgan fingerprint density at radius 1 is 1.28 bits per heavy atom. The van der Waals surface area contributed by atoms with E-state index in [-0.39, 0.29) is 5.91 Å². The van der Waals surface area contributed by atoms with Gasteiger partial charge in [-0.15, -0.1) is 11.3 Å². The van der Waals surface area contributed by atoms with Gasteiger partial charge in [-0.1, -0.05) is 20.3 Å². The maximum absolute atomic E-state index is 12.6. The predicted molar refractivity (Wildman–Crippen MR) is 101 cm³/mol. The third kappa shape index (κ3) is 5.77. The largest absolute Gasteiger partial charge is 0.354 e. The molecule has 8 heteroatoms. The van der Waals surface area contributed by atoms with E-state index in [0.717, 1.165) is 24.1 Å². The molecule has 2 heterocycles. The first-order chi connectivity index (χ1) is 11.8. The van der Waals surface area contributed by atoms with Crippen LogP contribution in [0.3, 0.4) is 0 Å². The van der Waals surface area contributed by atoms with Gasteiger partial charge in [0.2, 0.25) is 5.91 Å². The number of piperidine rings is 1. The summed E-state index contributed by atoms with van der Waals surface area (Å²) < 4.78 is 27.2. The van der Waals surface area contributed by atoms with Crippen molar-refractivity contribution in [2.24, 2.45) is 11.7 Å². The Morgan fingerprint density at radius 2 is 1.96 bits per heavy atom. The molecule has 2 rings (SSSR count). The highest BCUT2D eigenvalue weighted by Gasteiger charge is 2.27. The molecule has 0 unspecified atom stereocenters. The van der Waals surface area contributed by atoms with Gasteiger partial charge in [0.05, 0.1) is 6.04 Å². The number of rotatable bonds is 8. The Bertz CT molecular complexity index is 664. The fourth-order valence-corrected chi connectivity index (χ4v) is 5.95. The van der Waals surface area contributed by atoms with Gasteiger partial charge in [-0.25, -0.2) is 8.42 Å². The van der Waals surface area contributed by atoms with Crippen LogP contribution >= 0.6 is 11.3 Å². The minimum absolute atomic E-state index is 0.147. The molecule has 0 aliphatic carbocycles. The number of nitrogens with zero attached hydrogens (tertiary/aromatic N) is 1. The zero-order valence-electron chi connectivity index (χ0n) is 15.0. The molecule has 0 bridgehead atoms. The first-order valence-corrected chi connectivity index (χ1v) is 11.2. The number of thiophene rings is 1. The maximum Gasteiger partial charge on any atom is 0.252 e. The normalized spacial score (nSPS) is 17.6. The van der Waals surface area contributed by atoms with Gasteiger partial charge in [0, 0.05) is 24.5 Å². The molecule has 3 N–H and O–H groups in total. The fraction of sp³-hybridized carbons (Fsp3) is 0.706. The number of carbonyl (C=O) groups is 1. The zero-order chi connectivity index (χ0) is 18.4. The van der Waals surface area contributed by atoms with Crippen LogP contribution in [0.5, 0.6) is 0 Å². The molecule has 1 aromatic rings. The molecular formula is C17H29N3O3S2. The number of amides is 1. The highest BCUT2D eigenvalue weighted by Crippen LogP contribution is 2.27. The Kier molecular flexibility index (Phi) is 7.42. The number of carbonyl (C=O) groups excluding carboxylic acids is 1. The van der Waals surface area contributed by atoms with Gasteiger partial charge < -0.3 is 11.1 Å². The maximum atomic E-state index is 12.6. The van der Waals surface area contributed by atoms with Crippen LogP contribution in [0, 0.1) is 5.92 Å². The van der Waals surface area contributed by atoms with E-state index in [9.17, 15) is 13.2 Å². The van der Waals surface area contributed by atoms with Gasteiger partial charge in [0.1, 0.15) is 4.21 Å². The molecule has 0 spiro atoms. The fourth-order valence-electron chi connectivity index (χ4n) is 2.92. The van der Waals surface area contributed by atoms with E-state index in [1.165, 1.54) is 11.3 Å². The highest BCUT2D eigenvalue weighted by molar-refractivity contribution is 7.91. The van der Waals surface area contributed by atoms with Crippen molar-refractivity contribution in [2.75, 3.05) is 19.6 Å². The van der Waals surface area contributed by atoms with Crippen molar-refractivity contribution >= 4 is 27.3 Å². The quantitative estimate of drug-likeness (QED) is 0.713. The summed E-state index contributed by atoms with van der Waals surface area (Å²) in [7, 11) is -3.36.